The zero-order chi connectivity index (χ0) is 17.4. The molecule has 2 aliphatic rings. The molecule has 25 heavy (non-hydrogen) atoms. The van der Waals surface area contributed by atoms with Gasteiger partial charge in [-0.2, -0.15) is 5.10 Å². The van der Waals surface area contributed by atoms with Gasteiger partial charge in [0.25, 0.3) is 5.91 Å². The number of rotatable bonds is 5. The van der Waals surface area contributed by atoms with Crippen molar-refractivity contribution in [1.29, 1.82) is 0 Å². The Morgan fingerprint density at radius 2 is 2.04 bits per heavy atom. The molecule has 6 heteroatoms. The van der Waals surface area contributed by atoms with E-state index < -0.39 is 0 Å². The maximum atomic E-state index is 13.0. The van der Waals surface area contributed by atoms with Crippen LogP contribution < -0.4 is 9.47 Å². The summed E-state index contributed by atoms with van der Waals surface area (Å²) in [7, 11) is 3.28. The number of hydrogen-bond acceptors (Lipinski definition) is 4. The van der Waals surface area contributed by atoms with Gasteiger partial charge in [0, 0.05) is 29.8 Å². The first-order chi connectivity index (χ1) is 12.2. The summed E-state index contributed by atoms with van der Waals surface area (Å²) in [6.07, 6.45) is 4.27. The minimum atomic E-state index is -0.0106. The largest absolute Gasteiger partial charge is 0.497 e. The number of aromatic amines is 1. The summed E-state index contributed by atoms with van der Waals surface area (Å²) in [6.45, 7) is 0.740. The van der Waals surface area contributed by atoms with E-state index in [2.05, 4.69) is 10.2 Å². The van der Waals surface area contributed by atoms with Gasteiger partial charge in [-0.3, -0.25) is 9.89 Å². The van der Waals surface area contributed by atoms with Crippen molar-refractivity contribution >= 4 is 5.91 Å². The highest BCUT2D eigenvalue weighted by Gasteiger charge is 2.34. The molecule has 1 amide bonds. The molecular formula is C19H23N3O3. The van der Waals surface area contributed by atoms with E-state index >= 15 is 0 Å². The topological polar surface area (TPSA) is 67.5 Å². The van der Waals surface area contributed by atoms with Crippen molar-refractivity contribution in [3.63, 3.8) is 0 Å². The zero-order valence-corrected chi connectivity index (χ0v) is 14.6. The molecule has 1 N–H and O–H groups in total. The Hall–Kier alpha value is -2.50. The van der Waals surface area contributed by atoms with Crippen molar-refractivity contribution in [2.45, 2.75) is 37.6 Å². The fourth-order valence-corrected chi connectivity index (χ4v) is 3.62. The van der Waals surface area contributed by atoms with Crippen LogP contribution >= 0.6 is 0 Å². The molecular weight excluding hydrogens is 318 g/mol. The molecule has 1 aromatic heterocycles. The number of benzene rings is 1. The van der Waals surface area contributed by atoms with Gasteiger partial charge in [0.1, 0.15) is 17.2 Å². The number of nitrogens with one attached hydrogen (secondary N) is 1. The summed E-state index contributed by atoms with van der Waals surface area (Å²) in [6, 6.07) is 7.71. The van der Waals surface area contributed by atoms with Crippen molar-refractivity contribution in [2.24, 2.45) is 0 Å². The summed E-state index contributed by atoms with van der Waals surface area (Å²) >= 11 is 0. The highest BCUT2D eigenvalue weighted by molar-refractivity contribution is 5.93. The van der Waals surface area contributed by atoms with Crippen LogP contribution in [-0.2, 0) is 0 Å². The van der Waals surface area contributed by atoms with E-state index in [1.807, 2.05) is 29.2 Å². The molecule has 2 aromatic rings. The third-order valence-electron chi connectivity index (χ3n) is 5.15. The van der Waals surface area contributed by atoms with Crippen molar-refractivity contribution < 1.29 is 14.3 Å². The molecule has 132 valence electrons. The molecule has 1 aliphatic carbocycles. The third kappa shape index (κ3) is 2.97. The summed E-state index contributed by atoms with van der Waals surface area (Å²) in [4.78, 5) is 14.9. The predicted molar refractivity (Wildman–Crippen MR) is 93.1 cm³/mol. The van der Waals surface area contributed by atoms with Crippen LogP contribution in [-0.4, -0.2) is 41.8 Å². The van der Waals surface area contributed by atoms with Gasteiger partial charge < -0.3 is 14.4 Å². The third-order valence-corrected chi connectivity index (χ3v) is 5.15. The number of methoxy groups -OCH3 is 2. The first-order valence-corrected chi connectivity index (χ1v) is 8.79. The van der Waals surface area contributed by atoms with Crippen LogP contribution in [0.5, 0.6) is 11.5 Å². The summed E-state index contributed by atoms with van der Waals surface area (Å²) < 4.78 is 10.8. The number of ether oxygens (including phenoxy) is 2. The van der Waals surface area contributed by atoms with Crippen LogP contribution in [0.15, 0.2) is 24.3 Å². The zero-order valence-electron chi connectivity index (χ0n) is 14.6. The van der Waals surface area contributed by atoms with Crippen LogP contribution in [0, 0.1) is 0 Å². The van der Waals surface area contributed by atoms with Gasteiger partial charge >= 0.3 is 0 Å². The van der Waals surface area contributed by atoms with Gasteiger partial charge in [0.05, 0.1) is 20.3 Å². The van der Waals surface area contributed by atoms with Gasteiger partial charge in [0.15, 0.2) is 0 Å². The van der Waals surface area contributed by atoms with Crippen molar-refractivity contribution in [3.8, 4) is 11.5 Å². The quantitative estimate of drug-likeness (QED) is 0.906. The van der Waals surface area contributed by atoms with E-state index in [1.165, 1.54) is 12.8 Å². The second-order valence-corrected chi connectivity index (χ2v) is 6.75. The number of amides is 1. The van der Waals surface area contributed by atoms with E-state index in [9.17, 15) is 4.79 Å². The molecule has 2 fully saturated rings. The van der Waals surface area contributed by atoms with Gasteiger partial charge in [-0.1, -0.05) is 0 Å². The molecule has 0 spiro atoms. The highest BCUT2D eigenvalue weighted by Crippen LogP contribution is 2.41. The Morgan fingerprint density at radius 1 is 1.20 bits per heavy atom. The highest BCUT2D eigenvalue weighted by atomic mass is 16.5. The fourth-order valence-electron chi connectivity index (χ4n) is 3.62. The molecule has 1 aromatic carbocycles. The number of carbonyl (C=O) groups is 1. The molecule has 0 bridgehead atoms. The SMILES string of the molecule is COc1ccc(C2CCCN2C(=O)c2cc(C3CC3)[nH]n2)c(OC)c1. The molecule has 1 unspecified atom stereocenters. The lowest BCUT2D eigenvalue weighted by molar-refractivity contribution is 0.0728. The minimum absolute atomic E-state index is 0.00873. The second kappa shape index (κ2) is 6.43. The maximum Gasteiger partial charge on any atom is 0.274 e. The summed E-state index contributed by atoms with van der Waals surface area (Å²) in [5, 5.41) is 7.28. The number of nitrogens with zero attached hydrogens (tertiary/aromatic N) is 2. The number of aromatic nitrogens is 2. The number of H-pyrrole nitrogens is 1. The second-order valence-electron chi connectivity index (χ2n) is 6.75. The summed E-state index contributed by atoms with van der Waals surface area (Å²) in [5.41, 5.74) is 2.62. The number of likely N-dealkylation sites (tertiary alicyclic amines) is 1. The molecule has 0 radical (unpaired) electrons. The van der Waals surface area contributed by atoms with Crippen LogP contribution in [0.4, 0.5) is 0 Å². The van der Waals surface area contributed by atoms with Crippen LogP contribution in [0.1, 0.15) is 59.4 Å². The fraction of sp³-hybridized carbons (Fsp3) is 0.474. The Labute approximate surface area is 147 Å². The van der Waals surface area contributed by atoms with E-state index in [0.29, 0.717) is 11.6 Å². The average Bonchev–Trinajstić information content (AvgIpc) is 3.19. The van der Waals surface area contributed by atoms with Crippen molar-refractivity contribution in [2.75, 3.05) is 20.8 Å². The molecule has 6 nitrogen and oxygen atoms in total. The van der Waals surface area contributed by atoms with E-state index in [4.69, 9.17) is 9.47 Å². The smallest absolute Gasteiger partial charge is 0.274 e. The Kier molecular flexibility index (Phi) is 4.11. The average molecular weight is 341 g/mol. The number of hydrogen-bond donors (Lipinski definition) is 1. The van der Waals surface area contributed by atoms with Crippen LogP contribution in [0.25, 0.3) is 0 Å². The molecule has 1 atom stereocenters. The van der Waals surface area contributed by atoms with Crippen LogP contribution in [0.3, 0.4) is 0 Å². The van der Waals surface area contributed by atoms with Gasteiger partial charge in [-0.15, -0.1) is 0 Å². The minimum Gasteiger partial charge on any atom is -0.497 e. The van der Waals surface area contributed by atoms with Crippen molar-refractivity contribution in [1.82, 2.24) is 15.1 Å². The molecule has 4 rings (SSSR count). The van der Waals surface area contributed by atoms with Gasteiger partial charge in [-0.25, -0.2) is 0 Å². The van der Waals surface area contributed by atoms with Gasteiger partial charge in [-0.05, 0) is 43.9 Å². The Morgan fingerprint density at radius 3 is 2.76 bits per heavy atom. The van der Waals surface area contributed by atoms with E-state index in [-0.39, 0.29) is 11.9 Å². The molecule has 1 aliphatic heterocycles. The molecule has 1 saturated carbocycles. The van der Waals surface area contributed by atoms with E-state index in [0.717, 1.165) is 42.1 Å². The lowest BCUT2D eigenvalue weighted by Crippen LogP contribution is -2.31. The number of carbonyl (C=O) groups excluding carboxylic acids is 1. The monoisotopic (exact) mass is 341 g/mol. The first-order valence-electron chi connectivity index (χ1n) is 8.79. The molecule has 1 saturated heterocycles. The maximum absolute atomic E-state index is 13.0. The Bertz CT molecular complexity index is 782. The lowest BCUT2D eigenvalue weighted by Gasteiger charge is -2.26. The standard InChI is InChI=1S/C19H23N3O3/c1-24-13-7-8-14(18(10-13)25-2)17-4-3-9-22(17)19(23)16-11-15(20-21-16)12-5-6-12/h7-8,10-12,17H,3-6,9H2,1-2H3,(H,20,21). The van der Waals surface area contributed by atoms with Gasteiger partial charge in [0.2, 0.25) is 0 Å². The van der Waals surface area contributed by atoms with E-state index in [1.54, 1.807) is 14.2 Å². The lowest BCUT2D eigenvalue weighted by atomic mass is 10.0. The predicted octanol–water partition coefficient (Wildman–Crippen LogP) is 3.28. The van der Waals surface area contributed by atoms with Crippen molar-refractivity contribution in [3.05, 3.63) is 41.2 Å². The normalized spacial score (nSPS) is 19.9. The molecule has 2 heterocycles. The Balaban J connectivity index is 1.60. The summed E-state index contributed by atoms with van der Waals surface area (Å²) in [5.74, 6) is 2.05. The van der Waals surface area contributed by atoms with Crippen LogP contribution in [0.2, 0.25) is 0 Å². The first kappa shape index (κ1) is 16.0.